The lowest BCUT2D eigenvalue weighted by atomic mass is 10.1. The molecule has 0 aromatic heterocycles. The molecular weight excluding hydrogens is 550 g/mol. The molecule has 0 saturated carbocycles. The van der Waals surface area contributed by atoms with E-state index in [0.717, 1.165) is 4.31 Å². The maximum Gasteiger partial charge on any atom is 0.349 e. The fourth-order valence-corrected chi connectivity index (χ4v) is 5.45. The average molecular weight is 570 g/mol. The Morgan fingerprint density at radius 1 is 0.833 bits per heavy atom. The molecule has 10 heteroatoms. The Labute approximate surface area is 215 Å². The molecule has 0 aliphatic carbocycles. The number of rotatable bonds is 9. The van der Waals surface area contributed by atoms with Gasteiger partial charge in [-0.05, 0) is 36.4 Å². The lowest BCUT2D eigenvalue weighted by Gasteiger charge is -2.25. The fourth-order valence-electron chi connectivity index (χ4n) is 3.75. The number of hydrogen-bond acceptors (Lipinski definition) is 5. The van der Waals surface area contributed by atoms with Gasteiger partial charge in [-0.3, -0.25) is 9.10 Å². The van der Waals surface area contributed by atoms with E-state index >= 15 is 0 Å². The van der Waals surface area contributed by atoms with Crippen molar-refractivity contribution in [1.82, 2.24) is 0 Å². The number of ether oxygens (including phenoxy) is 1. The lowest BCUT2D eigenvalue weighted by Crippen LogP contribution is -2.36. The van der Waals surface area contributed by atoms with Gasteiger partial charge in [0.15, 0.2) is 0 Å². The van der Waals surface area contributed by atoms with Crippen LogP contribution in [-0.2, 0) is 19.6 Å². The maximum atomic E-state index is 13.5. The van der Waals surface area contributed by atoms with Crippen LogP contribution in [-0.4, -0.2) is 37.1 Å². The predicted octanol–water partition coefficient (Wildman–Crippen LogP) is 5.09. The Morgan fingerprint density at radius 2 is 1.44 bits per heavy atom. The van der Waals surface area contributed by atoms with Crippen LogP contribution in [0.3, 0.4) is 0 Å². The Balaban J connectivity index is 1.84. The van der Waals surface area contributed by atoms with Gasteiger partial charge in [-0.1, -0.05) is 70.5 Å². The first-order chi connectivity index (χ1) is 17.2. The van der Waals surface area contributed by atoms with Crippen molar-refractivity contribution in [3.63, 3.8) is 0 Å². The molecule has 8 nitrogen and oxygen atoms in total. The van der Waals surface area contributed by atoms with Gasteiger partial charge in [0.1, 0.15) is 12.3 Å². The van der Waals surface area contributed by atoms with Gasteiger partial charge in [0.05, 0.1) is 10.6 Å². The molecule has 4 rings (SSSR count). The molecule has 0 radical (unpaired) electrons. The number of fused-ring (bicyclic) bond motifs is 1. The third-order valence-corrected chi connectivity index (χ3v) is 7.68. The van der Waals surface area contributed by atoms with E-state index in [-0.39, 0.29) is 16.3 Å². The SMILES string of the molecule is O=C(O)CN(c1ccc(OC(C(=O)O)c2ccccc2)c2ccccc12)S(=O)(=O)c1ccc(Br)cc1. The number of carboxylic acid groups (broad SMARTS) is 2. The van der Waals surface area contributed by atoms with Crippen LogP contribution in [0.5, 0.6) is 5.75 Å². The first-order valence-electron chi connectivity index (χ1n) is 10.6. The zero-order valence-corrected chi connectivity index (χ0v) is 21.0. The second-order valence-corrected chi connectivity index (χ2v) is 10.5. The van der Waals surface area contributed by atoms with Crippen molar-refractivity contribution < 1.29 is 33.0 Å². The van der Waals surface area contributed by atoms with Crippen LogP contribution in [0.15, 0.2) is 100 Å². The van der Waals surface area contributed by atoms with Crippen LogP contribution in [0, 0.1) is 0 Å². The number of benzene rings is 4. The minimum atomic E-state index is -4.25. The quantitative estimate of drug-likeness (QED) is 0.288. The number of aliphatic carboxylic acids is 2. The molecule has 0 saturated heterocycles. The van der Waals surface area contributed by atoms with E-state index in [1.54, 1.807) is 66.7 Å². The molecular formula is C26H20BrNO7S. The van der Waals surface area contributed by atoms with E-state index in [9.17, 15) is 28.2 Å². The summed E-state index contributed by atoms with van der Waals surface area (Å²) >= 11 is 3.26. The van der Waals surface area contributed by atoms with Gasteiger partial charge < -0.3 is 14.9 Å². The summed E-state index contributed by atoms with van der Waals surface area (Å²) in [5.41, 5.74) is 0.554. The summed E-state index contributed by atoms with van der Waals surface area (Å²) in [4.78, 5) is 23.6. The Morgan fingerprint density at radius 3 is 2.06 bits per heavy atom. The minimum Gasteiger partial charge on any atom is -0.480 e. The van der Waals surface area contributed by atoms with Gasteiger partial charge in [0.2, 0.25) is 6.10 Å². The van der Waals surface area contributed by atoms with E-state index in [1.807, 2.05) is 0 Å². The molecule has 0 heterocycles. The van der Waals surface area contributed by atoms with Gasteiger partial charge in [-0.2, -0.15) is 0 Å². The van der Waals surface area contributed by atoms with Crippen molar-refractivity contribution in [3.05, 3.63) is 101 Å². The summed E-state index contributed by atoms with van der Waals surface area (Å²) in [5.74, 6) is -2.32. The van der Waals surface area contributed by atoms with E-state index in [2.05, 4.69) is 15.9 Å². The molecule has 1 atom stereocenters. The first-order valence-corrected chi connectivity index (χ1v) is 12.9. The summed E-state index contributed by atoms with van der Waals surface area (Å²) in [6.07, 6.45) is -1.30. The largest absolute Gasteiger partial charge is 0.480 e. The van der Waals surface area contributed by atoms with E-state index in [4.69, 9.17) is 4.74 Å². The van der Waals surface area contributed by atoms with E-state index in [1.165, 1.54) is 24.3 Å². The van der Waals surface area contributed by atoms with Gasteiger partial charge in [0, 0.05) is 20.8 Å². The molecule has 0 fully saturated rings. The Bertz CT molecular complexity index is 1520. The van der Waals surface area contributed by atoms with Crippen molar-refractivity contribution in [3.8, 4) is 5.75 Å². The smallest absolute Gasteiger partial charge is 0.349 e. The Kier molecular flexibility index (Phi) is 7.27. The molecule has 4 aromatic rings. The fraction of sp³-hybridized carbons (Fsp3) is 0.0769. The third kappa shape index (κ3) is 5.19. The van der Waals surface area contributed by atoms with Crippen LogP contribution in [0.4, 0.5) is 5.69 Å². The second-order valence-electron chi connectivity index (χ2n) is 7.73. The highest BCUT2D eigenvalue weighted by atomic mass is 79.9. The number of nitrogens with zero attached hydrogens (tertiary/aromatic N) is 1. The zero-order chi connectivity index (χ0) is 25.9. The summed E-state index contributed by atoms with van der Waals surface area (Å²) in [6, 6.07) is 23.8. The summed E-state index contributed by atoms with van der Waals surface area (Å²) in [5, 5.41) is 20.1. The molecule has 1 unspecified atom stereocenters. The number of hydrogen-bond donors (Lipinski definition) is 2. The van der Waals surface area contributed by atoms with E-state index in [0.29, 0.717) is 20.8 Å². The maximum absolute atomic E-state index is 13.5. The minimum absolute atomic E-state index is 0.0774. The standard InChI is InChI=1S/C26H20BrNO7S/c27-18-10-12-19(13-11-18)36(33,34)28(16-24(29)30)22-14-15-23(21-9-5-4-8-20(21)22)35-25(26(31)32)17-6-2-1-3-7-17/h1-15,25H,16H2,(H,29,30)(H,31,32). The molecule has 0 spiro atoms. The third-order valence-electron chi connectivity index (χ3n) is 5.38. The average Bonchev–Trinajstić information content (AvgIpc) is 2.86. The zero-order valence-electron chi connectivity index (χ0n) is 18.6. The summed E-state index contributed by atoms with van der Waals surface area (Å²) in [6.45, 7) is -0.815. The molecule has 0 bridgehead atoms. The van der Waals surface area contributed by atoms with Crippen LogP contribution in [0.25, 0.3) is 10.8 Å². The van der Waals surface area contributed by atoms with Crippen molar-refractivity contribution in [1.29, 1.82) is 0 Å². The van der Waals surface area contributed by atoms with Crippen LogP contribution in [0.1, 0.15) is 11.7 Å². The molecule has 0 aliphatic rings. The lowest BCUT2D eigenvalue weighted by molar-refractivity contribution is -0.145. The monoisotopic (exact) mass is 569 g/mol. The number of sulfonamides is 1. The number of carboxylic acids is 2. The second kappa shape index (κ2) is 10.4. The van der Waals surface area contributed by atoms with Gasteiger partial charge in [0.25, 0.3) is 10.0 Å². The highest BCUT2D eigenvalue weighted by molar-refractivity contribution is 9.10. The van der Waals surface area contributed by atoms with Gasteiger partial charge >= 0.3 is 11.9 Å². The highest BCUT2D eigenvalue weighted by Gasteiger charge is 2.30. The first kappa shape index (κ1) is 25.2. The molecule has 36 heavy (non-hydrogen) atoms. The van der Waals surface area contributed by atoms with Crippen molar-refractivity contribution >= 4 is 54.4 Å². The molecule has 184 valence electrons. The topological polar surface area (TPSA) is 121 Å². The summed E-state index contributed by atoms with van der Waals surface area (Å²) in [7, 11) is -4.25. The van der Waals surface area contributed by atoms with E-state index < -0.39 is 34.6 Å². The van der Waals surface area contributed by atoms with Crippen molar-refractivity contribution in [2.24, 2.45) is 0 Å². The molecule has 4 aromatic carbocycles. The number of halogens is 1. The van der Waals surface area contributed by atoms with Gasteiger partial charge in [-0.15, -0.1) is 0 Å². The highest BCUT2D eigenvalue weighted by Crippen LogP contribution is 2.38. The summed E-state index contributed by atoms with van der Waals surface area (Å²) < 4.78 is 34.4. The van der Waals surface area contributed by atoms with Gasteiger partial charge in [-0.25, -0.2) is 13.2 Å². The molecule has 2 N–H and O–H groups in total. The normalized spacial score (nSPS) is 12.1. The number of anilines is 1. The molecule has 0 amide bonds. The van der Waals surface area contributed by atoms with Crippen molar-refractivity contribution in [2.45, 2.75) is 11.0 Å². The van der Waals surface area contributed by atoms with Crippen LogP contribution < -0.4 is 9.04 Å². The Hall–Kier alpha value is -3.89. The van der Waals surface area contributed by atoms with Crippen LogP contribution in [0.2, 0.25) is 0 Å². The number of carbonyl (C=O) groups is 2. The molecule has 0 aliphatic heterocycles. The predicted molar refractivity (Wildman–Crippen MR) is 138 cm³/mol. The van der Waals surface area contributed by atoms with Crippen molar-refractivity contribution in [2.75, 3.05) is 10.8 Å². The van der Waals surface area contributed by atoms with Crippen LogP contribution >= 0.6 is 15.9 Å².